The van der Waals surface area contributed by atoms with E-state index in [-0.39, 0.29) is 18.2 Å². The van der Waals surface area contributed by atoms with Gasteiger partial charge in [-0.2, -0.15) is 0 Å². The Balaban J connectivity index is 1.80. The summed E-state index contributed by atoms with van der Waals surface area (Å²) < 4.78 is 0. The minimum absolute atomic E-state index is 0.206. The molecule has 2 amide bonds. The van der Waals surface area contributed by atoms with Crippen molar-refractivity contribution in [3.8, 4) is 0 Å². The molecule has 0 unspecified atom stereocenters. The smallest absolute Gasteiger partial charge is 0.233 e. The van der Waals surface area contributed by atoms with E-state index in [1.54, 1.807) is 18.2 Å². The van der Waals surface area contributed by atoms with Crippen molar-refractivity contribution in [1.82, 2.24) is 5.32 Å². The fourth-order valence-electron chi connectivity index (χ4n) is 1.92. The van der Waals surface area contributed by atoms with Gasteiger partial charge in [-0.1, -0.05) is 41.9 Å². The SMILES string of the molecule is Cc1ccccc1NC(=O)CC(=O)NCc1ccc(Cl)cc1. The predicted molar refractivity (Wildman–Crippen MR) is 87.7 cm³/mol. The lowest BCUT2D eigenvalue weighted by Crippen LogP contribution is -2.27. The minimum Gasteiger partial charge on any atom is -0.352 e. The highest BCUT2D eigenvalue weighted by atomic mass is 35.5. The Morgan fingerprint density at radius 1 is 1.00 bits per heavy atom. The Labute approximate surface area is 134 Å². The first-order valence-corrected chi connectivity index (χ1v) is 7.29. The quantitative estimate of drug-likeness (QED) is 0.832. The van der Waals surface area contributed by atoms with Gasteiger partial charge in [0, 0.05) is 17.3 Å². The van der Waals surface area contributed by atoms with Crippen molar-refractivity contribution < 1.29 is 9.59 Å². The molecule has 0 fully saturated rings. The van der Waals surface area contributed by atoms with Gasteiger partial charge < -0.3 is 10.6 Å². The third-order valence-electron chi connectivity index (χ3n) is 3.14. The zero-order valence-electron chi connectivity index (χ0n) is 12.2. The fraction of sp³-hybridized carbons (Fsp3) is 0.176. The van der Waals surface area contributed by atoms with Gasteiger partial charge in [-0.05, 0) is 36.2 Å². The number of anilines is 1. The van der Waals surface area contributed by atoms with Crippen LogP contribution in [0.25, 0.3) is 0 Å². The van der Waals surface area contributed by atoms with Gasteiger partial charge in [0.2, 0.25) is 11.8 Å². The monoisotopic (exact) mass is 316 g/mol. The first kappa shape index (κ1) is 16.0. The van der Waals surface area contributed by atoms with E-state index >= 15 is 0 Å². The van der Waals surface area contributed by atoms with E-state index in [4.69, 9.17) is 11.6 Å². The number of carbonyl (C=O) groups excluding carboxylic acids is 2. The van der Waals surface area contributed by atoms with Gasteiger partial charge in [0.05, 0.1) is 0 Å². The van der Waals surface area contributed by atoms with E-state index in [1.807, 2.05) is 37.3 Å². The third kappa shape index (κ3) is 4.90. The summed E-state index contributed by atoms with van der Waals surface area (Å²) in [7, 11) is 0. The zero-order chi connectivity index (χ0) is 15.9. The lowest BCUT2D eigenvalue weighted by atomic mass is 10.2. The molecule has 0 aromatic heterocycles. The summed E-state index contributed by atoms with van der Waals surface area (Å²) in [5.41, 5.74) is 2.60. The fourth-order valence-corrected chi connectivity index (χ4v) is 2.04. The molecule has 0 aliphatic rings. The molecular formula is C17H17ClN2O2. The predicted octanol–water partition coefficient (Wildman–Crippen LogP) is 3.29. The van der Waals surface area contributed by atoms with Crippen LogP contribution < -0.4 is 10.6 Å². The zero-order valence-corrected chi connectivity index (χ0v) is 13.0. The lowest BCUT2D eigenvalue weighted by Gasteiger charge is -2.08. The van der Waals surface area contributed by atoms with Crippen LogP contribution in [0.3, 0.4) is 0 Å². The van der Waals surface area contributed by atoms with Crippen LogP contribution in [-0.2, 0) is 16.1 Å². The summed E-state index contributed by atoms with van der Waals surface area (Å²) in [4.78, 5) is 23.6. The van der Waals surface area contributed by atoms with E-state index in [0.29, 0.717) is 11.6 Å². The van der Waals surface area contributed by atoms with Crippen LogP contribution in [0.15, 0.2) is 48.5 Å². The number of rotatable bonds is 5. The maximum absolute atomic E-state index is 11.8. The number of hydrogen-bond acceptors (Lipinski definition) is 2. The van der Waals surface area contributed by atoms with Crippen molar-refractivity contribution >= 4 is 29.1 Å². The molecule has 114 valence electrons. The Kier molecular flexibility index (Phi) is 5.55. The Bertz CT molecular complexity index is 669. The largest absolute Gasteiger partial charge is 0.352 e. The third-order valence-corrected chi connectivity index (χ3v) is 3.40. The second-order valence-electron chi connectivity index (χ2n) is 4.94. The minimum atomic E-state index is -0.331. The number of hydrogen-bond donors (Lipinski definition) is 2. The molecule has 0 spiro atoms. The standard InChI is InChI=1S/C17H17ClN2O2/c1-12-4-2-3-5-15(12)20-17(22)10-16(21)19-11-13-6-8-14(18)9-7-13/h2-9H,10-11H2,1H3,(H,19,21)(H,20,22). The topological polar surface area (TPSA) is 58.2 Å². The highest BCUT2D eigenvalue weighted by molar-refractivity contribution is 6.30. The molecule has 2 aromatic carbocycles. The summed E-state index contributed by atoms with van der Waals surface area (Å²) in [6.07, 6.45) is -0.206. The number of aryl methyl sites for hydroxylation is 1. The molecule has 0 atom stereocenters. The number of benzene rings is 2. The number of halogens is 1. The van der Waals surface area contributed by atoms with Gasteiger partial charge >= 0.3 is 0 Å². The Morgan fingerprint density at radius 2 is 1.68 bits per heavy atom. The van der Waals surface area contributed by atoms with Crippen molar-refractivity contribution in [3.63, 3.8) is 0 Å². The van der Waals surface area contributed by atoms with Crippen molar-refractivity contribution in [3.05, 3.63) is 64.7 Å². The van der Waals surface area contributed by atoms with E-state index < -0.39 is 0 Å². The summed E-state index contributed by atoms with van der Waals surface area (Å²) in [6.45, 7) is 2.27. The van der Waals surface area contributed by atoms with Crippen LogP contribution in [-0.4, -0.2) is 11.8 Å². The maximum Gasteiger partial charge on any atom is 0.233 e. The van der Waals surface area contributed by atoms with Crippen molar-refractivity contribution in [2.45, 2.75) is 19.9 Å². The average Bonchev–Trinajstić information content (AvgIpc) is 2.49. The van der Waals surface area contributed by atoms with Crippen LogP contribution in [0.2, 0.25) is 5.02 Å². The molecule has 0 saturated carbocycles. The number of para-hydroxylation sites is 1. The molecule has 0 aliphatic heterocycles. The van der Waals surface area contributed by atoms with Crippen molar-refractivity contribution in [2.75, 3.05) is 5.32 Å². The van der Waals surface area contributed by atoms with E-state index in [2.05, 4.69) is 10.6 Å². The lowest BCUT2D eigenvalue weighted by molar-refractivity contribution is -0.126. The van der Waals surface area contributed by atoms with Crippen molar-refractivity contribution in [2.24, 2.45) is 0 Å². The maximum atomic E-state index is 11.8. The molecule has 0 heterocycles. The van der Waals surface area contributed by atoms with Crippen LogP contribution in [0.1, 0.15) is 17.5 Å². The van der Waals surface area contributed by atoms with E-state index in [9.17, 15) is 9.59 Å². The summed E-state index contributed by atoms with van der Waals surface area (Å²) in [6, 6.07) is 14.6. The highest BCUT2D eigenvalue weighted by Crippen LogP contribution is 2.13. The summed E-state index contributed by atoms with van der Waals surface area (Å²) in [5.74, 6) is -0.649. The summed E-state index contributed by atoms with van der Waals surface area (Å²) >= 11 is 5.79. The van der Waals surface area contributed by atoms with E-state index in [1.165, 1.54) is 0 Å². The first-order valence-electron chi connectivity index (χ1n) is 6.91. The van der Waals surface area contributed by atoms with Gasteiger partial charge in [0.25, 0.3) is 0 Å². The molecule has 0 radical (unpaired) electrons. The molecular weight excluding hydrogens is 300 g/mol. The molecule has 2 rings (SSSR count). The molecule has 0 saturated heterocycles. The van der Waals surface area contributed by atoms with Crippen LogP contribution in [0, 0.1) is 6.92 Å². The van der Waals surface area contributed by atoms with Gasteiger partial charge in [0.1, 0.15) is 6.42 Å². The average molecular weight is 317 g/mol. The first-order chi connectivity index (χ1) is 10.5. The Hall–Kier alpha value is -2.33. The molecule has 22 heavy (non-hydrogen) atoms. The van der Waals surface area contributed by atoms with Crippen LogP contribution >= 0.6 is 11.6 Å². The van der Waals surface area contributed by atoms with Gasteiger partial charge in [-0.25, -0.2) is 0 Å². The molecule has 0 bridgehead atoms. The molecule has 5 heteroatoms. The van der Waals surface area contributed by atoms with Gasteiger partial charge in [-0.3, -0.25) is 9.59 Å². The molecule has 2 N–H and O–H groups in total. The van der Waals surface area contributed by atoms with Gasteiger partial charge in [0.15, 0.2) is 0 Å². The second-order valence-corrected chi connectivity index (χ2v) is 5.38. The van der Waals surface area contributed by atoms with Crippen LogP contribution in [0.5, 0.6) is 0 Å². The normalized spacial score (nSPS) is 10.1. The molecule has 2 aromatic rings. The Morgan fingerprint density at radius 3 is 2.36 bits per heavy atom. The summed E-state index contributed by atoms with van der Waals surface area (Å²) in [5, 5.41) is 6.08. The molecule has 0 aliphatic carbocycles. The van der Waals surface area contributed by atoms with Crippen molar-refractivity contribution in [1.29, 1.82) is 0 Å². The second kappa shape index (κ2) is 7.61. The van der Waals surface area contributed by atoms with E-state index in [0.717, 1.165) is 16.8 Å². The number of carbonyl (C=O) groups is 2. The number of nitrogens with one attached hydrogen (secondary N) is 2. The van der Waals surface area contributed by atoms with Crippen LogP contribution in [0.4, 0.5) is 5.69 Å². The number of amides is 2. The highest BCUT2D eigenvalue weighted by Gasteiger charge is 2.10. The molecule has 4 nitrogen and oxygen atoms in total. The van der Waals surface area contributed by atoms with Gasteiger partial charge in [-0.15, -0.1) is 0 Å².